The van der Waals surface area contributed by atoms with Gasteiger partial charge in [-0.1, -0.05) is 11.6 Å². The Labute approximate surface area is 106 Å². The first-order chi connectivity index (χ1) is 8.16. The van der Waals surface area contributed by atoms with Crippen LogP contribution in [-0.4, -0.2) is 28.6 Å². The van der Waals surface area contributed by atoms with Gasteiger partial charge in [-0.3, -0.25) is 4.79 Å². The van der Waals surface area contributed by atoms with E-state index in [4.69, 9.17) is 0 Å². The summed E-state index contributed by atoms with van der Waals surface area (Å²) in [5, 5.41) is 12.7. The molecule has 0 aliphatic carbocycles. The maximum atomic E-state index is 12.0. The Bertz CT molecular complexity index is 414. The minimum Gasteiger partial charge on any atom is -0.507 e. The van der Waals surface area contributed by atoms with Crippen molar-refractivity contribution in [2.24, 2.45) is 0 Å². The molecule has 4 heteroatoms. The van der Waals surface area contributed by atoms with Crippen LogP contribution in [0.5, 0.6) is 5.75 Å². The third kappa shape index (κ3) is 3.16. The summed E-state index contributed by atoms with van der Waals surface area (Å²) >= 11 is 1.87. The Morgan fingerprint density at radius 2 is 2.35 bits per heavy atom. The number of carbonyl (C=O) groups is 1. The zero-order valence-electron chi connectivity index (χ0n) is 9.90. The van der Waals surface area contributed by atoms with E-state index in [1.807, 2.05) is 18.7 Å². The molecule has 0 saturated carbocycles. The lowest BCUT2D eigenvalue weighted by Gasteiger charge is -2.22. The molecular weight excluding hydrogens is 234 g/mol. The highest BCUT2D eigenvalue weighted by Crippen LogP contribution is 2.20. The van der Waals surface area contributed by atoms with Crippen molar-refractivity contribution in [1.29, 1.82) is 0 Å². The number of amides is 1. The lowest BCUT2D eigenvalue weighted by Crippen LogP contribution is -2.38. The van der Waals surface area contributed by atoms with Crippen molar-refractivity contribution >= 4 is 17.7 Å². The van der Waals surface area contributed by atoms with Gasteiger partial charge in [-0.25, -0.2) is 0 Å². The first-order valence-corrected chi connectivity index (χ1v) is 7.00. The summed E-state index contributed by atoms with van der Waals surface area (Å²) in [5.74, 6) is 2.04. The maximum absolute atomic E-state index is 12.0. The van der Waals surface area contributed by atoms with E-state index in [1.54, 1.807) is 18.2 Å². The number of carbonyl (C=O) groups excluding carboxylic acids is 1. The highest BCUT2D eigenvalue weighted by atomic mass is 32.2. The number of aromatic hydroxyl groups is 1. The molecule has 1 fully saturated rings. The highest BCUT2D eigenvalue weighted by molar-refractivity contribution is 7.99. The van der Waals surface area contributed by atoms with E-state index in [2.05, 4.69) is 5.32 Å². The molecule has 1 unspecified atom stereocenters. The SMILES string of the molecule is Cc1ccc(O)c(C(=O)NC2CCCSC2)c1. The van der Waals surface area contributed by atoms with Crippen molar-refractivity contribution < 1.29 is 9.90 Å². The number of phenolic OH excluding ortho intramolecular Hbond substituents is 1. The van der Waals surface area contributed by atoms with Crippen molar-refractivity contribution in [3.05, 3.63) is 29.3 Å². The van der Waals surface area contributed by atoms with Crippen LogP contribution in [0.1, 0.15) is 28.8 Å². The Morgan fingerprint density at radius 1 is 1.53 bits per heavy atom. The molecule has 1 atom stereocenters. The molecule has 1 aromatic carbocycles. The van der Waals surface area contributed by atoms with Gasteiger partial charge < -0.3 is 10.4 Å². The minimum absolute atomic E-state index is 0.0524. The van der Waals surface area contributed by atoms with Gasteiger partial charge in [-0.15, -0.1) is 0 Å². The van der Waals surface area contributed by atoms with Gasteiger partial charge in [0.25, 0.3) is 5.91 Å². The van der Waals surface area contributed by atoms with Crippen LogP contribution < -0.4 is 5.32 Å². The lowest BCUT2D eigenvalue weighted by atomic mass is 10.1. The van der Waals surface area contributed by atoms with Gasteiger partial charge in [0.15, 0.2) is 0 Å². The maximum Gasteiger partial charge on any atom is 0.255 e. The molecule has 1 aliphatic rings. The van der Waals surface area contributed by atoms with E-state index in [1.165, 1.54) is 5.75 Å². The molecule has 0 radical (unpaired) electrons. The van der Waals surface area contributed by atoms with Crippen LogP contribution in [0.25, 0.3) is 0 Å². The Balaban J connectivity index is 2.05. The van der Waals surface area contributed by atoms with Gasteiger partial charge in [-0.05, 0) is 37.7 Å². The molecule has 0 spiro atoms. The topological polar surface area (TPSA) is 49.3 Å². The third-order valence-electron chi connectivity index (χ3n) is 2.89. The lowest BCUT2D eigenvalue weighted by molar-refractivity contribution is 0.0936. The molecule has 1 saturated heterocycles. The predicted molar refractivity (Wildman–Crippen MR) is 70.7 cm³/mol. The quantitative estimate of drug-likeness (QED) is 0.848. The van der Waals surface area contributed by atoms with Gasteiger partial charge in [0.1, 0.15) is 5.75 Å². The molecular formula is C13H17NO2S. The summed E-state index contributed by atoms with van der Waals surface area (Å²) < 4.78 is 0. The summed E-state index contributed by atoms with van der Waals surface area (Å²) in [5.41, 5.74) is 1.35. The van der Waals surface area contributed by atoms with E-state index in [-0.39, 0.29) is 17.7 Å². The average Bonchev–Trinajstić information content (AvgIpc) is 2.33. The Morgan fingerprint density at radius 3 is 3.06 bits per heavy atom. The van der Waals surface area contributed by atoms with Crippen molar-refractivity contribution in [3.63, 3.8) is 0 Å². The minimum atomic E-state index is -0.168. The van der Waals surface area contributed by atoms with Gasteiger partial charge in [0.2, 0.25) is 0 Å². The molecule has 0 bridgehead atoms. The van der Waals surface area contributed by atoms with Crippen LogP contribution in [0.15, 0.2) is 18.2 Å². The van der Waals surface area contributed by atoms with Crippen LogP contribution in [0.4, 0.5) is 0 Å². The first-order valence-electron chi connectivity index (χ1n) is 5.85. The number of hydrogen-bond acceptors (Lipinski definition) is 3. The molecule has 1 heterocycles. The van der Waals surface area contributed by atoms with E-state index in [0.29, 0.717) is 5.56 Å². The van der Waals surface area contributed by atoms with Gasteiger partial charge >= 0.3 is 0 Å². The summed E-state index contributed by atoms with van der Waals surface area (Å²) in [7, 11) is 0. The molecule has 17 heavy (non-hydrogen) atoms. The smallest absolute Gasteiger partial charge is 0.255 e. The van der Waals surface area contributed by atoms with Crippen LogP contribution in [0.2, 0.25) is 0 Å². The number of hydrogen-bond donors (Lipinski definition) is 2. The van der Waals surface area contributed by atoms with Crippen LogP contribution in [0.3, 0.4) is 0 Å². The number of phenols is 1. The fourth-order valence-electron chi connectivity index (χ4n) is 1.95. The molecule has 2 N–H and O–H groups in total. The molecule has 0 aromatic heterocycles. The van der Waals surface area contributed by atoms with Crippen LogP contribution in [-0.2, 0) is 0 Å². The summed E-state index contributed by atoms with van der Waals surface area (Å²) in [6, 6.07) is 5.32. The molecule has 1 aromatic rings. The fraction of sp³-hybridized carbons (Fsp3) is 0.462. The number of nitrogens with one attached hydrogen (secondary N) is 1. The molecule has 1 amide bonds. The molecule has 1 aliphatic heterocycles. The number of thioether (sulfide) groups is 1. The zero-order valence-corrected chi connectivity index (χ0v) is 10.7. The number of benzene rings is 1. The summed E-state index contributed by atoms with van der Waals surface area (Å²) in [6.45, 7) is 1.91. The monoisotopic (exact) mass is 251 g/mol. The summed E-state index contributed by atoms with van der Waals surface area (Å²) in [6.07, 6.45) is 2.18. The fourth-order valence-corrected chi connectivity index (χ4v) is 3.02. The average molecular weight is 251 g/mol. The van der Waals surface area contributed by atoms with E-state index < -0.39 is 0 Å². The summed E-state index contributed by atoms with van der Waals surface area (Å²) in [4.78, 5) is 12.0. The Hall–Kier alpha value is -1.16. The van der Waals surface area contributed by atoms with Crippen LogP contribution >= 0.6 is 11.8 Å². The second kappa shape index (κ2) is 5.45. The zero-order chi connectivity index (χ0) is 12.3. The van der Waals surface area contributed by atoms with E-state index >= 15 is 0 Å². The number of aryl methyl sites for hydroxylation is 1. The predicted octanol–water partition coefficient (Wildman–Crippen LogP) is 2.33. The number of rotatable bonds is 2. The van der Waals surface area contributed by atoms with Crippen molar-refractivity contribution in [2.75, 3.05) is 11.5 Å². The Kier molecular flexibility index (Phi) is 3.94. The second-order valence-electron chi connectivity index (χ2n) is 4.41. The van der Waals surface area contributed by atoms with Gasteiger partial charge in [-0.2, -0.15) is 11.8 Å². The van der Waals surface area contributed by atoms with E-state index in [9.17, 15) is 9.90 Å². The normalized spacial score (nSPS) is 19.9. The van der Waals surface area contributed by atoms with Gasteiger partial charge in [0.05, 0.1) is 5.56 Å². The largest absolute Gasteiger partial charge is 0.507 e. The van der Waals surface area contributed by atoms with Gasteiger partial charge in [0, 0.05) is 11.8 Å². The first kappa shape index (κ1) is 12.3. The molecule has 2 rings (SSSR count). The van der Waals surface area contributed by atoms with Crippen LogP contribution in [0, 0.1) is 6.92 Å². The van der Waals surface area contributed by atoms with Crippen molar-refractivity contribution in [3.8, 4) is 5.75 Å². The highest BCUT2D eigenvalue weighted by Gasteiger charge is 2.18. The van der Waals surface area contributed by atoms with E-state index in [0.717, 1.165) is 24.2 Å². The third-order valence-corrected chi connectivity index (χ3v) is 4.11. The molecule has 92 valence electrons. The van der Waals surface area contributed by atoms with Crippen molar-refractivity contribution in [2.45, 2.75) is 25.8 Å². The van der Waals surface area contributed by atoms with Crippen molar-refractivity contribution in [1.82, 2.24) is 5.32 Å². The standard InChI is InChI=1S/C13H17NO2S/c1-9-4-5-12(15)11(7-9)13(16)14-10-3-2-6-17-8-10/h4-5,7,10,15H,2-3,6,8H2,1H3,(H,14,16). The molecule has 3 nitrogen and oxygen atoms in total. The second-order valence-corrected chi connectivity index (χ2v) is 5.56.